The lowest BCUT2D eigenvalue weighted by molar-refractivity contribution is -0.141. The zero-order valence-electron chi connectivity index (χ0n) is 14.7. The maximum Gasteiger partial charge on any atom is 0.264 e. The minimum absolute atomic E-state index is 0.246. The van der Waals surface area contributed by atoms with Crippen molar-refractivity contribution in [2.45, 2.75) is 25.9 Å². The van der Waals surface area contributed by atoms with Crippen molar-refractivity contribution in [1.29, 1.82) is 0 Å². The first-order valence-corrected chi connectivity index (χ1v) is 9.14. The largest absolute Gasteiger partial charge is 0.492 e. The lowest BCUT2D eigenvalue weighted by Crippen LogP contribution is -2.43. The molecule has 2 aromatic carbocycles. The molecule has 0 saturated carbocycles. The normalized spacial score (nSPS) is 18.8. The summed E-state index contributed by atoms with van der Waals surface area (Å²) in [6.45, 7) is 3.90. The fourth-order valence-electron chi connectivity index (χ4n) is 3.24. The van der Waals surface area contributed by atoms with Gasteiger partial charge in [-0.3, -0.25) is 9.59 Å². The summed E-state index contributed by atoms with van der Waals surface area (Å²) in [5.41, 5.74) is 0.317. The first-order chi connectivity index (χ1) is 12.3. The number of Topliss-reactive ketones (excluding diaryl/α,β-unsaturated/α-hetero) is 1. The van der Waals surface area contributed by atoms with E-state index < -0.39 is 11.5 Å². The van der Waals surface area contributed by atoms with E-state index in [4.69, 9.17) is 4.74 Å². The number of amides is 1. The second kappa shape index (κ2) is 7.21. The molecule has 1 heterocycles. The minimum Gasteiger partial charge on any atom is -0.492 e. The van der Waals surface area contributed by atoms with E-state index in [1.807, 2.05) is 31.2 Å². The van der Waals surface area contributed by atoms with Gasteiger partial charge in [-0.25, -0.2) is 0 Å². The van der Waals surface area contributed by atoms with Gasteiger partial charge in [-0.05, 0) is 49.7 Å². The Morgan fingerprint density at radius 1 is 1.27 bits per heavy atom. The van der Waals surface area contributed by atoms with Crippen molar-refractivity contribution in [3.63, 3.8) is 0 Å². The number of hydrogen-bond donors (Lipinski definition) is 1. The second-order valence-corrected chi connectivity index (χ2v) is 7.44. The molecule has 3 rings (SSSR count). The van der Waals surface area contributed by atoms with E-state index >= 15 is 0 Å². The molecule has 0 fully saturated rings. The smallest absolute Gasteiger partial charge is 0.264 e. The first kappa shape index (κ1) is 18.6. The molecule has 1 aliphatic rings. The number of carbonyl (C=O) groups excluding carboxylic acids is 2. The molecule has 136 valence electrons. The zero-order valence-corrected chi connectivity index (χ0v) is 16.2. The van der Waals surface area contributed by atoms with Crippen LogP contribution in [0.15, 0.2) is 46.9 Å². The summed E-state index contributed by atoms with van der Waals surface area (Å²) in [6.07, 6.45) is -0.246. The van der Waals surface area contributed by atoms with Crippen LogP contribution < -0.4 is 9.64 Å². The number of hydrogen-bond acceptors (Lipinski definition) is 4. The van der Waals surface area contributed by atoms with E-state index in [1.165, 1.54) is 11.8 Å². The summed E-state index contributed by atoms with van der Waals surface area (Å²) < 4.78 is 6.47. The molecule has 0 unspecified atom stereocenters. The van der Waals surface area contributed by atoms with Crippen LogP contribution in [-0.4, -0.2) is 29.9 Å². The Morgan fingerprint density at radius 3 is 2.73 bits per heavy atom. The number of fused-ring (bicyclic) bond motifs is 1. The van der Waals surface area contributed by atoms with Crippen molar-refractivity contribution in [3.8, 4) is 5.75 Å². The van der Waals surface area contributed by atoms with Crippen molar-refractivity contribution in [2.24, 2.45) is 0 Å². The molecule has 6 heteroatoms. The van der Waals surface area contributed by atoms with Crippen molar-refractivity contribution in [1.82, 2.24) is 0 Å². The van der Waals surface area contributed by atoms with E-state index in [-0.39, 0.29) is 25.4 Å². The predicted octanol–water partition coefficient (Wildman–Crippen LogP) is 3.35. The van der Waals surface area contributed by atoms with Crippen molar-refractivity contribution < 1.29 is 19.4 Å². The average molecular weight is 418 g/mol. The molecule has 0 bridgehead atoms. The van der Waals surface area contributed by atoms with Gasteiger partial charge in [0.2, 0.25) is 0 Å². The van der Waals surface area contributed by atoms with Crippen LogP contribution in [0.1, 0.15) is 24.5 Å². The van der Waals surface area contributed by atoms with E-state index in [0.717, 1.165) is 15.8 Å². The van der Waals surface area contributed by atoms with Crippen LogP contribution in [-0.2, 0) is 15.2 Å². The lowest BCUT2D eigenvalue weighted by Gasteiger charge is -2.22. The monoisotopic (exact) mass is 417 g/mol. The van der Waals surface area contributed by atoms with Gasteiger partial charge in [0.05, 0.1) is 12.2 Å². The van der Waals surface area contributed by atoms with Crippen LogP contribution in [0.5, 0.6) is 5.75 Å². The average Bonchev–Trinajstić information content (AvgIpc) is 2.76. The number of benzene rings is 2. The number of ether oxygens (including phenoxy) is 1. The van der Waals surface area contributed by atoms with Crippen LogP contribution in [0, 0.1) is 6.92 Å². The van der Waals surface area contributed by atoms with Gasteiger partial charge in [-0.15, -0.1) is 0 Å². The molecule has 1 aliphatic heterocycles. The Morgan fingerprint density at radius 2 is 2.04 bits per heavy atom. The molecule has 1 atom stereocenters. The Balaban J connectivity index is 1.82. The van der Waals surface area contributed by atoms with Crippen LogP contribution in [0.25, 0.3) is 0 Å². The molecule has 2 aromatic rings. The molecule has 1 N–H and O–H groups in total. The summed E-state index contributed by atoms with van der Waals surface area (Å²) >= 11 is 3.36. The molecule has 26 heavy (non-hydrogen) atoms. The van der Waals surface area contributed by atoms with Crippen LogP contribution in [0.2, 0.25) is 0 Å². The number of nitrogens with zero attached hydrogens (tertiary/aromatic N) is 1. The van der Waals surface area contributed by atoms with Crippen molar-refractivity contribution >= 4 is 33.3 Å². The SMILES string of the molecule is CC(=O)C[C@]1(O)C(=O)N(CCOc2cccc(C)c2)c2ccc(Br)cc21. The van der Waals surface area contributed by atoms with Gasteiger partial charge < -0.3 is 14.7 Å². The molecular formula is C20H20BrNO4. The van der Waals surface area contributed by atoms with Crippen LogP contribution >= 0.6 is 15.9 Å². The highest BCUT2D eigenvalue weighted by molar-refractivity contribution is 9.10. The maximum atomic E-state index is 12.9. The van der Waals surface area contributed by atoms with E-state index in [9.17, 15) is 14.7 Å². The number of rotatable bonds is 6. The highest BCUT2D eigenvalue weighted by atomic mass is 79.9. The van der Waals surface area contributed by atoms with Gasteiger partial charge >= 0.3 is 0 Å². The summed E-state index contributed by atoms with van der Waals surface area (Å²) in [5, 5.41) is 11.0. The third kappa shape index (κ3) is 3.52. The van der Waals surface area contributed by atoms with E-state index in [2.05, 4.69) is 15.9 Å². The summed E-state index contributed by atoms with van der Waals surface area (Å²) in [5.74, 6) is -0.00930. The number of ketones is 1. The third-order valence-corrected chi connectivity index (χ3v) is 4.87. The Hall–Kier alpha value is -2.18. The van der Waals surface area contributed by atoms with Crippen LogP contribution in [0.4, 0.5) is 5.69 Å². The van der Waals surface area contributed by atoms with Gasteiger partial charge in [0.1, 0.15) is 18.1 Å². The molecule has 0 spiro atoms. The maximum absolute atomic E-state index is 12.9. The van der Waals surface area contributed by atoms with Crippen molar-refractivity contribution in [2.75, 3.05) is 18.1 Å². The fraction of sp³-hybridized carbons (Fsp3) is 0.300. The lowest BCUT2D eigenvalue weighted by atomic mass is 9.90. The molecule has 0 aliphatic carbocycles. The fourth-order valence-corrected chi connectivity index (χ4v) is 3.60. The minimum atomic E-state index is -1.83. The second-order valence-electron chi connectivity index (χ2n) is 6.52. The van der Waals surface area contributed by atoms with Crippen molar-refractivity contribution in [3.05, 3.63) is 58.1 Å². The summed E-state index contributed by atoms with van der Waals surface area (Å²) in [4.78, 5) is 26.0. The first-order valence-electron chi connectivity index (χ1n) is 8.34. The van der Waals surface area contributed by atoms with Gasteiger partial charge in [0.25, 0.3) is 5.91 Å². The zero-order chi connectivity index (χ0) is 18.9. The summed E-state index contributed by atoms with van der Waals surface area (Å²) in [6, 6.07) is 12.9. The van der Waals surface area contributed by atoms with E-state index in [0.29, 0.717) is 11.3 Å². The standard InChI is InChI=1S/C20H20BrNO4/c1-13-4-3-5-16(10-13)26-9-8-22-18-7-6-15(21)11-17(18)20(25,19(22)24)12-14(2)23/h3-7,10-11,25H,8-9,12H2,1-2H3/t20-/m1/s1. The Labute approximate surface area is 160 Å². The van der Waals surface area contributed by atoms with Gasteiger partial charge in [-0.1, -0.05) is 28.1 Å². The van der Waals surface area contributed by atoms with Gasteiger partial charge in [-0.2, -0.15) is 0 Å². The van der Waals surface area contributed by atoms with Gasteiger partial charge in [0.15, 0.2) is 5.60 Å². The molecular weight excluding hydrogens is 398 g/mol. The summed E-state index contributed by atoms with van der Waals surface area (Å²) in [7, 11) is 0. The number of halogens is 1. The highest BCUT2D eigenvalue weighted by Gasteiger charge is 2.50. The predicted molar refractivity (Wildman–Crippen MR) is 102 cm³/mol. The van der Waals surface area contributed by atoms with Crippen LogP contribution in [0.3, 0.4) is 0 Å². The number of aliphatic hydroxyl groups is 1. The number of carbonyl (C=O) groups is 2. The molecule has 5 nitrogen and oxygen atoms in total. The highest BCUT2D eigenvalue weighted by Crippen LogP contribution is 2.43. The molecule has 1 amide bonds. The number of anilines is 1. The Bertz CT molecular complexity index is 867. The topological polar surface area (TPSA) is 66.8 Å². The third-order valence-electron chi connectivity index (χ3n) is 4.37. The molecule has 0 radical (unpaired) electrons. The number of aryl methyl sites for hydroxylation is 1. The van der Waals surface area contributed by atoms with E-state index in [1.54, 1.807) is 18.2 Å². The molecule has 0 aromatic heterocycles. The quantitative estimate of drug-likeness (QED) is 0.782. The molecule has 0 saturated heterocycles. The Kier molecular flexibility index (Phi) is 5.16. The van der Waals surface area contributed by atoms with Gasteiger partial charge in [0, 0.05) is 16.5 Å².